The highest BCUT2D eigenvalue weighted by molar-refractivity contribution is 7.14. The smallest absolute Gasteiger partial charge is 0.304 e. The van der Waals surface area contributed by atoms with E-state index in [-0.39, 0.29) is 12.3 Å². The van der Waals surface area contributed by atoms with Gasteiger partial charge >= 0.3 is 5.97 Å². The van der Waals surface area contributed by atoms with Gasteiger partial charge in [-0.15, -0.1) is 22.7 Å². The number of thiazole rings is 1. The molecule has 0 fully saturated rings. The first kappa shape index (κ1) is 19.3. The Bertz CT molecular complexity index is 947. The highest BCUT2D eigenvalue weighted by Gasteiger charge is 2.23. The van der Waals surface area contributed by atoms with Gasteiger partial charge in [-0.05, 0) is 31.9 Å². The van der Waals surface area contributed by atoms with Gasteiger partial charge in [0.25, 0.3) is 0 Å². The SMILES string of the molecule is Cc1cc(-c2csc(NC(=O)[C@@H](CC(=O)O)Cc3ccccc3)n2)c(C)s1. The minimum absolute atomic E-state index is 0.220. The van der Waals surface area contributed by atoms with Gasteiger partial charge in [0.1, 0.15) is 0 Å². The standard InChI is InChI=1S/C20H20N2O3S2/c1-12-8-16(13(2)27-12)17-11-26-20(21-17)22-19(25)15(10-18(23)24)9-14-6-4-3-5-7-14/h3-8,11,15H,9-10H2,1-2H3,(H,23,24)(H,21,22,25)/t15-/m1/s1. The molecule has 7 heteroatoms. The molecule has 0 spiro atoms. The zero-order chi connectivity index (χ0) is 19.4. The third-order valence-electron chi connectivity index (χ3n) is 4.17. The maximum absolute atomic E-state index is 12.7. The second-order valence-corrected chi connectivity index (χ2v) is 8.66. The van der Waals surface area contributed by atoms with Crippen molar-refractivity contribution in [3.8, 4) is 11.3 Å². The molecular weight excluding hydrogens is 380 g/mol. The van der Waals surface area contributed by atoms with E-state index in [4.69, 9.17) is 0 Å². The van der Waals surface area contributed by atoms with Crippen LogP contribution in [-0.4, -0.2) is 22.0 Å². The number of thiophene rings is 1. The Hall–Kier alpha value is -2.51. The molecule has 2 heterocycles. The highest BCUT2D eigenvalue weighted by atomic mass is 32.1. The average Bonchev–Trinajstić information content (AvgIpc) is 3.20. The van der Waals surface area contributed by atoms with Gasteiger partial charge in [-0.1, -0.05) is 30.3 Å². The van der Waals surface area contributed by atoms with Gasteiger partial charge in [-0.3, -0.25) is 9.59 Å². The Labute approximate surface area is 165 Å². The normalized spacial score (nSPS) is 11.9. The van der Waals surface area contributed by atoms with Crippen LogP contribution in [0.25, 0.3) is 11.3 Å². The van der Waals surface area contributed by atoms with Crippen molar-refractivity contribution < 1.29 is 14.7 Å². The van der Waals surface area contributed by atoms with Gasteiger partial charge in [-0.2, -0.15) is 0 Å². The summed E-state index contributed by atoms with van der Waals surface area (Å²) in [5.74, 6) is -1.96. The van der Waals surface area contributed by atoms with Crippen LogP contribution in [-0.2, 0) is 16.0 Å². The predicted octanol–water partition coefficient (Wildman–Crippen LogP) is 4.76. The topological polar surface area (TPSA) is 79.3 Å². The van der Waals surface area contributed by atoms with Crippen molar-refractivity contribution in [2.45, 2.75) is 26.7 Å². The summed E-state index contributed by atoms with van der Waals surface area (Å²) in [5.41, 5.74) is 2.83. The molecule has 2 aromatic heterocycles. The predicted molar refractivity (Wildman–Crippen MR) is 109 cm³/mol. The second kappa shape index (κ2) is 8.45. The fourth-order valence-electron chi connectivity index (χ4n) is 2.91. The Morgan fingerprint density at radius 1 is 1.22 bits per heavy atom. The molecule has 0 unspecified atom stereocenters. The molecule has 0 bridgehead atoms. The summed E-state index contributed by atoms with van der Waals surface area (Å²) in [7, 11) is 0. The number of aryl methyl sites for hydroxylation is 2. The van der Waals surface area contributed by atoms with Gasteiger partial charge in [0.2, 0.25) is 5.91 Å². The first-order valence-electron chi connectivity index (χ1n) is 8.52. The number of carbonyl (C=O) groups is 2. The van der Waals surface area contributed by atoms with Crippen molar-refractivity contribution >= 4 is 39.7 Å². The van der Waals surface area contributed by atoms with Gasteiger partial charge in [0.15, 0.2) is 5.13 Å². The number of carbonyl (C=O) groups excluding carboxylic acids is 1. The van der Waals surface area contributed by atoms with Crippen molar-refractivity contribution in [1.82, 2.24) is 4.98 Å². The van der Waals surface area contributed by atoms with E-state index in [1.54, 1.807) is 11.3 Å². The lowest BCUT2D eigenvalue weighted by molar-refractivity contribution is -0.140. The number of amides is 1. The number of aromatic nitrogens is 1. The van der Waals surface area contributed by atoms with E-state index in [1.807, 2.05) is 42.6 Å². The van der Waals surface area contributed by atoms with E-state index >= 15 is 0 Å². The number of nitrogens with zero attached hydrogens (tertiary/aromatic N) is 1. The zero-order valence-electron chi connectivity index (χ0n) is 15.1. The number of carboxylic acids is 1. The van der Waals surface area contributed by atoms with E-state index in [0.29, 0.717) is 11.6 Å². The van der Waals surface area contributed by atoms with Crippen LogP contribution in [0.5, 0.6) is 0 Å². The van der Waals surface area contributed by atoms with Gasteiger partial charge in [0, 0.05) is 20.7 Å². The summed E-state index contributed by atoms with van der Waals surface area (Å²) in [6.07, 6.45) is 0.155. The molecule has 0 saturated heterocycles. The third kappa shape index (κ3) is 5.02. The lowest BCUT2D eigenvalue weighted by atomic mass is 9.95. The Balaban J connectivity index is 1.73. The number of nitrogens with one attached hydrogen (secondary N) is 1. The fourth-order valence-corrected chi connectivity index (χ4v) is 4.56. The highest BCUT2D eigenvalue weighted by Crippen LogP contribution is 2.32. The summed E-state index contributed by atoms with van der Waals surface area (Å²) < 4.78 is 0. The quantitative estimate of drug-likeness (QED) is 0.599. The number of benzene rings is 1. The molecule has 5 nitrogen and oxygen atoms in total. The lowest BCUT2D eigenvalue weighted by Crippen LogP contribution is -2.27. The molecule has 0 radical (unpaired) electrons. The van der Waals surface area contributed by atoms with Crippen molar-refractivity contribution in [2.24, 2.45) is 5.92 Å². The molecule has 27 heavy (non-hydrogen) atoms. The molecule has 2 N–H and O–H groups in total. The molecule has 0 aliphatic rings. The van der Waals surface area contributed by atoms with Crippen LogP contribution < -0.4 is 5.32 Å². The number of aliphatic carboxylic acids is 1. The lowest BCUT2D eigenvalue weighted by Gasteiger charge is -2.14. The Morgan fingerprint density at radius 2 is 1.96 bits per heavy atom. The maximum atomic E-state index is 12.7. The van der Waals surface area contributed by atoms with Crippen LogP contribution >= 0.6 is 22.7 Å². The molecule has 1 amide bonds. The number of carboxylic acid groups (broad SMARTS) is 1. The number of anilines is 1. The van der Waals surface area contributed by atoms with Crippen LogP contribution in [0, 0.1) is 19.8 Å². The van der Waals surface area contributed by atoms with Crippen molar-refractivity contribution in [3.63, 3.8) is 0 Å². The van der Waals surface area contributed by atoms with Crippen molar-refractivity contribution in [1.29, 1.82) is 0 Å². The second-order valence-electron chi connectivity index (χ2n) is 6.34. The maximum Gasteiger partial charge on any atom is 0.304 e. The summed E-state index contributed by atoms with van der Waals surface area (Å²) in [6, 6.07) is 11.5. The fraction of sp³-hybridized carbons (Fsp3) is 0.250. The molecule has 0 aliphatic heterocycles. The molecule has 1 aromatic carbocycles. The van der Waals surface area contributed by atoms with Crippen molar-refractivity contribution in [3.05, 3.63) is 57.1 Å². The van der Waals surface area contributed by atoms with Crippen molar-refractivity contribution in [2.75, 3.05) is 5.32 Å². The zero-order valence-corrected chi connectivity index (χ0v) is 16.7. The van der Waals surface area contributed by atoms with Crippen LogP contribution in [0.4, 0.5) is 5.13 Å². The summed E-state index contributed by atoms with van der Waals surface area (Å²) in [4.78, 5) is 30.8. The molecule has 1 atom stereocenters. The average molecular weight is 401 g/mol. The van der Waals surface area contributed by atoms with E-state index < -0.39 is 11.9 Å². The summed E-state index contributed by atoms with van der Waals surface area (Å²) in [6.45, 7) is 4.10. The van der Waals surface area contributed by atoms with Crippen LogP contribution in [0.2, 0.25) is 0 Å². The Kier molecular flexibility index (Phi) is 6.03. The van der Waals surface area contributed by atoms with Gasteiger partial charge in [-0.25, -0.2) is 4.98 Å². The molecule has 0 saturated carbocycles. The monoisotopic (exact) mass is 400 g/mol. The van der Waals surface area contributed by atoms with Crippen LogP contribution in [0.15, 0.2) is 41.8 Å². The third-order valence-corrected chi connectivity index (χ3v) is 5.89. The van der Waals surface area contributed by atoms with E-state index in [9.17, 15) is 14.7 Å². The first-order valence-corrected chi connectivity index (χ1v) is 10.2. The van der Waals surface area contributed by atoms with Crippen LogP contribution in [0.1, 0.15) is 21.7 Å². The summed E-state index contributed by atoms with van der Waals surface area (Å²) >= 11 is 3.06. The molecule has 0 aliphatic carbocycles. The minimum Gasteiger partial charge on any atom is -0.481 e. The number of hydrogen-bond acceptors (Lipinski definition) is 5. The summed E-state index contributed by atoms with van der Waals surface area (Å²) in [5, 5.41) is 14.4. The van der Waals surface area contributed by atoms with Gasteiger partial charge in [0.05, 0.1) is 18.0 Å². The largest absolute Gasteiger partial charge is 0.481 e. The minimum atomic E-state index is -0.990. The van der Waals surface area contributed by atoms with Crippen LogP contribution in [0.3, 0.4) is 0 Å². The van der Waals surface area contributed by atoms with E-state index in [2.05, 4.69) is 23.3 Å². The Morgan fingerprint density at radius 3 is 2.59 bits per heavy atom. The first-order chi connectivity index (χ1) is 12.9. The molecule has 140 valence electrons. The molecule has 3 aromatic rings. The van der Waals surface area contributed by atoms with E-state index in [1.165, 1.54) is 21.1 Å². The van der Waals surface area contributed by atoms with Gasteiger partial charge < -0.3 is 10.4 Å². The van der Waals surface area contributed by atoms with E-state index in [0.717, 1.165) is 16.8 Å². The molecular formula is C20H20N2O3S2. The molecule has 3 rings (SSSR count). The number of hydrogen-bond donors (Lipinski definition) is 2. The number of rotatable bonds is 7.